The van der Waals surface area contributed by atoms with E-state index in [-0.39, 0.29) is 18.1 Å². The van der Waals surface area contributed by atoms with E-state index >= 15 is 0 Å². The van der Waals surface area contributed by atoms with Gasteiger partial charge in [0.2, 0.25) is 0 Å². The first-order valence-electron chi connectivity index (χ1n) is 6.04. The third-order valence-corrected chi connectivity index (χ3v) is 3.69. The highest BCUT2D eigenvalue weighted by atomic mass is 79.9. The molecule has 0 saturated heterocycles. The predicted molar refractivity (Wildman–Crippen MR) is 73.9 cm³/mol. The van der Waals surface area contributed by atoms with Crippen LogP contribution in [0.15, 0.2) is 22.7 Å². The lowest BCUT2D eigenvalue weighted by Crippen LogP contribution is -2.09. The van der Waals surface area contributed by atoms with Crippen LogP contribution >= 0.6 is 15.9 Å². The van der Waals surface area contributed by atoms with Crippen molar-refractivity contribution in [1.29, 1.82) is 0 Å². The number of esters is 1. The average molecular weight is 342 g/mol. The van der Waals surface area contributed by atoms with Crippen molar-refractivity contribution in [1.82, 2.24) is 15.0 Å². The molecular weight excluding hydrogens is 329 g/mol. The van der Waals surface area contributed by atoms with E-state index in [0.717, 1.165) is 0 Å². The van der Waals surface area contributed by atoms with Crippen molar-refractivity contribution in [3.8, 4) is 0 Å². The van der Waals surface area contributed by atoms with Gasteiger partial charge in [0.05, 0.1) is 23.3 Å². The quantitative estimate of drug-likeness (QED) is 0.802. The molecule has 1 aromatic heterocycles. The number of benzene rings is 1. The zero-order chi connectivity index (χ0) is 14.7. The Hall–Kier alpha value is -1.76. The molecule has 0 unspecified atom stereocenters. The van der Waals surface area contributed by atoms with E-state index in [2.05, 4.69) is 26.2 Å². The SMILES string of the molecule is CCOC(=O)c1nnn(Cc2cccc(F)c2Br)c1C. The maximum atomic E-state index is 13.5. The van der Waals surface area contributed by atoms with Crippen LogP contribution in [0.25, 0.3) is 0 Å². The van der Waals surface area contributed by atoms with Gasteiger partial charge in [0.1, 0.15) is 5.82 Å². The Morgan fingerprint density at radius 2 is 2.25 bits per heavy atom. The van der Waals surface area contributed by atoms with Crippen LogP contribution in [0.1, 0.15) is 28.7 Å². The largest absolute Gasteiger partial charge is 0.461 e. The molecule has 2 aromatic rings. The van der Waals surface area contributed by atoms with Crippen molar-refractivity contribution in [3.63, 3.8) is 0 Å². The molecule has 1 aromatic carbocycles. The summed E-state index contributed by atoms with van der Waals surface area (Å²) in [5, 5.41) is 7.72. The Kier molecular flexibility index (Phi) is 4.49. The van der Waals surface area contributed by atoms with Gasteiger partial charge in [-0.05, 0) is 41.4 Å². The number of carbonyl (C=O) groups is 1. The topological polar surface area (TPSA) is 57.0 Å². The summed E-state index contributed by atoms with van der Waals surface area (Å²) in [6.45, 7) is 4.04. The molecule has 0 radical (unpaired) electrons. The molecule has 0 aliphatic carbocycles. The van der Waals surface area contributed by atoms with E-state index in [1.807, 2.05) is 0 Å². The van der Waals surface area contributed by atoms with Crippen LogP contribution < -0.4 is 0 Å². The number of ether oxygens (including phenoxy) is 1. The van der Waals surface area contributed by atoms with Gasteiger partial charge in [-0.3, -0.25) is 0 Å². The zero-order valence-electron chi connectivity index (χ0n) is 11.1. The minimum atomic E-state index is -0.505. The number of carbonyl (C=O) groups excluding carboxylic acids is 1. The third kappa shape index (κ3) is 2.87. The van der Waals surface area contributed by atoms with Gasteiger partial charge in [0.15, 0.2) is 5.69 Å². The first kappa shape index (κ1) is 14.6. The van der Waals surface area contributed by atoms with Gasteiger partial charge >= 0.3 is 5.97 Å². The Bertz CT molecular complexity index is 643. The molecule has 7 heteroatoms. The lowest BCUT2D eigenvalue weighted by Gasteiger charge is -2.07. The average Bonchev–Trinajstić information content (AvgIpc) is 2.77. The Morgan fingerprint density at radius 1 is 1.50 bits per heavy atom. The Labute approximate surface area is 123 Å². The molecule has 1 heterocycles. The van der Waals surface area contributed by atoms with Gasteiger partial charge in [0.25, 0.3) is 0 Å². The predicted octanol–water partition coefficient (Wildman–Crippen LogP) is 2.71. The molecule has 5 nitrogen and oxygen atoms in total. The van der Waals surface area contributed by atoms with Crippen molar-refractivity contribution in [2.45, 2.75) is 20.4 Å². The Balaban J connectivity index is 2.27. The monoisotopic (exact) mass is 341 g/mol. The minimum absolute atomic E-state index is 0.180. The van der Waals surface area contributed by atoms with E-state index < -0.39 is 5.97 Å². The molecule has 0 bridgehead atoms. The van der Waals surface area contributed by atoms with Gasteiger partial charge in [-0.15, -0.1) is 5.10 Å². The number of aromatic nitrogens is 3. The molecule has 0 fully saturated rings. The fourth-order valence-corrected chi connectivity index (χ4v) is 2.12. The number of hydrogen-bond acceptors (Lipinski definition) is 4. The van der Waals surface area contributed by atoms with Crippen molar-refractivity contribution < 1.29 is 13.9 Å². The number of rotatable bonds is 4. The fourth-order valence-electron chi connectivity index (χ4n) is 1.73. The van der Waals surface area contributed by atoms with Crippen molar-refractivity contribution >= 4 is 21.9 Å². The van der Waals surface area contributed by atoms with Crippen molar-refractivity contribution in [2.75, 3.05) is 6.61 Å². The maximum absolute atomic E-state index is 13.5. The summed E-state index contributed by atoms with van der Waals surface area (Å²) in [6.07, 6.45) is 0. The maximum Gasteiger partial charge on any atom is 0.360 e. The second-order valence-corrected chi connectivity index (χ2v) is 4.91. The highest BCUT2D eigenvalue weighted by molar-refractivity contribution is 9.10. The molecule has 0 aliphatic heterocycles. The summed E-state index contributed by atoms with van der Waals surface area (Å²) >= 11 is 3.19. The molecule has 0 atom stereocenters. The summed E-state index contributed by atoms with van der Waals surface area (Å²) in [7, 11) is 0. The highest BCUT2D eigenvalue weighted by Crippen LogP contribution is 2.21. The van der Waals surface area contributed by atoms with E-state index in [0.29, 0.717) is 22.3 Å². The summed E-state index contributed by atoms with van der Waals surface area (Å²) in [5.74, 6) is -0.847. The lowest BCUT2D eigenvalue weighted by atomic mass is 10.2. The van der Waals surface area contributed by atoms with Gasteiger partial charge in [-0.25, -0.2) is 13.9 Å². The van der Waals surface area contributed by atoms with Crippen LogP contribution in [0.2, 0.25) is 0 Å². The van der Waals surface area contributed by atoms with E-state index in [1.54, 1.807) is 26.0 Å². The minimum Gasteiger partial charge on any atom is -0.461 e. The molecule has 20 heavy (non-hydrogen) atoms. The summed E-state index contributed by atoms with van der Waals surface area (Å²) in [4.78, 5) is 11.6. The Morgan fingerprint density at radius 3 is 2.95 bits per heavy atom. The first-order valence-corrected chi connectivity index (χ1v) is 6.84. The van der Waals surface area contributed by atoms with E-state index in [4.69, 9.17) is 4.74 Å². The lowest BCUT2D eigenvalue weighted by molar-refractivity contribution is 0.0518. The van der Waals surface area contributed by atoms with Crippen LogP contribution in [0.3, 0.4) is 0 Å². The summed E-state index contributed by atoms with van der Waals surface area (Å²) in [5.41, 5.74) is 1.48. The second-order valence-electron chi connectivity index (χ2n) is 4.11. The first-order chi connectivity index (χ1) is 9.54. The van der Waals surface area contributed by atoms with Crippen LogP contribution in [0.4, 0.5) is 4.39 Å². The number of halogens is 2. The highest BCUT2D eigenvalue weighted by Gasteiger charge is 2.18. The van der Waals surface area contributed by atoms with Crippen molar-refractivity contribution in [2.24, 2.45) is 0 Å². The van der Waals surface area contributed by atoms with Crippen LogP contribution in [-0.2, 0) is 11.3 Å². The fraction of sp³-hybridized carbons (Fsp3) is 0.308. The molecule has 106 valence electrons. The zero-order valence-corrected chi connectivity index (χ0v) is 12.6. The molecular formula is C13H13BrFN3O2. The molecule has 0 N–H and O–H groups in total. The van der Waals surface area contributed by atoms with E-state index in [9.17, 15) is 9.18 Å². The normalized spacial score (nSPS) is 10.6. The number of hydrogen-bond donors (Lipinski definition) is 0. The smallest absolute Gasteiger partial charge is 0.360 e. The molecule has 0 saturated carbocycles. The van der Waals surface area contributed by atoms with Gasteiger partial charge in [-0.2, -0.15) is 0 Å². The van der Waals surface area contributed by atoms with Gasteiger partial charge in [0, 0.05) is 0 Å². The van der Waals surface area contributed by atoms with Gasteiger partial charge < -0.3 is 4.74 Å². The summed E-state index contributed by atoms with van der Waals surface area (Å²) in [6, 6.07) is 4.76. The van der Waals surface area contributed by atoms with Crippen LogP contribution in [0.5, 0.6) is 0 Å². The molecule has 0 aliphatic rings. The molecule has 0 spiro atoms. The van der Waals surface area contributed by atoms with E-state index in [1.165, 1.54) is 10.7 Å². The third-order valence-electron chi connectivity index (χ3n) is 2.80. The molecule has 2 rings (SSSR count). The van der Waals surface area contributed by atoms with Crippen molar-refractivity contribution in [3.05, 3.63) is 45.4 Å². The van der Waals surface area contributed by atoms with Crippen LogP contribution in [-0.4, -0.2) is 27.6 Å². The second kappa shape index (κ2) is 6.13. The van der Waals surface area contributed by atoms with Crippen LogP contribution in [0, 0.1) is 12.7 Å². The number of nitrogens with zero attached hydrogens (tertiary/aromatic N) is 3. The molecule has 0 amide bonds. The van der Waals surface area contributed by atoms with Gasteiger partial charge in [-0.1, -0.05) is 17.3 Å². The summed E-state index contributed by atoms with van der Waals surface area (Å²) < 4.78 is 20.3. The standard InChI is InChI=1S/C13H13BrFN3O2/c1-3-20-13(19)12-8(2)18(17-16-12)7-9-5-4-6-10(15)11(9)14/h4-6H,3,7H2,1-2H3.